The van der Waals surface area contributed by atoms with E-state index in [1.54, 1.807) is 0 Å². The molecule has 2 nitrogen and oxygen atoms in total. The fraction of sp³-hybridized carbons (Fsp3) is 0.154. The summed E-state index contributed by atoms with van der Waals surface area (Å²) in [7, 11) is 0. The minimum Gasteiger partial charge on any atom is -0.489 e. The number of ether oxygens (including phenoxy) is 1. The zero-order valence-corrected chi connectivity index (χ0v) is 17.5. The summed E-state index contributed by atoms with van der Waals surface area (Å²) in [6.45, 7) is 5.31. The molecule has 0 fully saturated rings. The van der Waals surface area contributed by atoms with Gasteiger partial charge in [0.2, 0.25) is 0 Å². The van der Waals surface area contributed by atoms with Crippen molar-refractivity contribution < 1.29 is 4.74 Å². The SMILES string of the molecule is Cc1cccc(COc2ccc3ccccc3c2CNc2ccc(C)c(Cl)c2)c1. The van der Waals surface area contributed by atoms with Crippen molar-refractivity contribution >= 4 is 28.1 Å². The van der Waals surface area contributed by atoms with E-state index in [1.807, 2.05) is 19.1 Å². The summed E-state index contributed by atoms with van der Waals surface area (Å²) in [6.07, 6.45) is 0. The third-order valence-electron chi connectivity index (χ3n) is 5.12. The number of aryl methyl sites for hydroxylation is 2. The van der Waals surface area contributed by atoms with E-state index in [1.165, 1.54) is 21.9 Å². The van der Waals surface area contributed by atoms with Crippen LogP contribution in [0.5, 0.6) is 5.75 Å². The van der Waals surface area contributed by atoms with Crippen LogP contribution in [0.2, 0.25) is 5.02 Å². The Bertz CT molecular complexity index is 1150. The molecule has 0 amide bonds. The Morgan fingerprint density at radius 3 is 2.55 bits per heavy atom. The van der Waals surface area contributed by atoms with Crippen LogP contribution in [0.15, 0.2) is 78.9 Å². The zero-order chi connectivity index (χ0) is 20.2. The maximum Gasteiger partial charge on any atom is 0.125 e. The molecular formula is C26H24ClNO. The number of nitrogens with one attached hydrogen (secondary N) is 1. The zero-order valence-electron chi connectivity index (χ0n) is 16.7. The van der Waals surface area contributed by atoms with Crippen molar-refractivity contribution in [1.29, 1.82) is 0 Å². The first-order valence-corrected chi connectivity index (χ1v) is 10.2. The summed E-state index contributed by atoms with van der Waals surface area (Å²) in [6, 6.07) is 27.1. The Hall–Kier alpha value is -2.97. The standard InChI is InChI=1S/C26H24ClNO/c1-18-6-5-7-20(14-18)17-29-26-13-11-21-8-3-4-9-23(21)24(26)16-28-22-12-10-19(2)25(27)15-22/h3-15,28H,16-17H2,1-2H3. The van der Waals surface area contributed by atoms with Gasteiger partial charge in [-0.2, -0.15) is 0 Å². The minimum atomic E-state index is 0.545. The van der Waals surface area contributed by atoms with E-state index in [-0.39, 0.29) is 0 Å². The summed E-state index contributed by atoms with van der Waals surface area (Å²) in [5.74, 6) is 0.899. The van der Waals surface area contributed by atoms with Gasteiger partial charge < -0.3 is 10.1 Å². The first-order valence-electron chi connectivity index (χ1n) is 9.79. The van der Waals surface area contributed by atoms with Crippen LogP contribution in [-0.2, 0) is 13.2 Å². The molecule has 0 heterocycles. The van der Waals surface area contributed by atoms with Crippen molar-refractivity contribution in [1.82, 2.24) is 0 Å². The Morgan fingerprint density at radius 1 is 0.862 bits per heavy atom. The van der Waals surface area contributed by atoms with Gasteiger partial charge in [0.05, 0.1) is 0 Å². The molecule has 4 rings (SSSR count). The second kappa shape index (κ2) is 8.59. The predicted octanol–water partition coefficient (Wildman–Crippen LogP) is 7.30. The third kappa shape index (κ3) is 4.55. The lowest BCUT2D eigenvalue weighted by Gasteiger charge is -2.16. The van der Waals surface area contributed by atoms with Crippen molar-refractivity contribution in [3.05, 3.63) is 106 Å². The molecule has 0 saturated heterocycles. The van der Waals surface area contributed by atoms with Crippen LogP contribution in [0, 0.1) is 13.8 Å². The first-order chi connectivity index (χ1) is 14.1. The van der Waals surface area contributed by atoms with Gasteiger partial charge >= 0.3 is 0 Å². The summed E-state index contributed by atoms with van der Waals surface area (Å²) < 4.78 is 6.25. The molecule has 0 saturated carbocycles. The van der Waals surface area contributed by atoms with Gasteiger partial charge in [-0.1, -0.05) is 77.8 Å². The summed E-state index contributed by atoms with van der Waals surface area (Å²) in [5.41, 5.74) is 5.63. The topological polar surface area (TPSA) is 21.3 Å². The van der Waals surface area contributed by atoms with E-state index in [4.69, 9.17) is 16.3 Å². The Balaban J connectivity index is 1.62. The van der Waals surface area contributed by atoms with Gasteiger partial charge in [0, 0.05) is 22.8 Å². The third-order valence-corrected chi connectivity index (χ3v) is 5.52. The average Bonchev–Trinajstić information content (AvgIpc) is 2.73. The Kier molecular flexibility index (Phi) is 5.73. The average molecular weight is 402 g/mol. The molecule has 0 aliphatic carbocycles. The second-order valence-electron chi connectivity index (χ2n) is 7.36. The molecule has 1 N–H and O–H groups in total. The van der Waals surface area contributed by atoms with Crippen LogP contribution >= 0.6 is 11.6 Å². The highest BCUT2D eigenvalue weighted by atomic mass is 35.5. The van der Waals surface area contributed by atoms with Gasteiger partial charge in [0.1, 0.15) is 12.4 Å². The number of halogens is 1. The molecule has 0 bridgehead atoms. The van der Waals surface area contributed by atoms with Gasteiger partial charge in [0.15, 0.2) is 0 Å². The number of anilines is 1. The molecular weight excluding hydrogens is 378 g/mol. The lowest BCUT2D eigenvalue weighted by molar-refractivity contribution is 0.304. The maximum atomic E-state index is 6.29. The molecule has 0 aromatic heterocycles. The highest BCUT2D eigenvalue weighted by Gasteiger charge is 2.10. The van der Waals surface area contributed by atoms with Gasteiger partial charge in [0.25, 0.3) is 0 Å². The van der Waals surface area contributed by atoms with E-state index in [0.29, 0.717) is 13.2 Å². The normalized spacial score (nSPS) is 10.9. The molecule has 0 spiro atoms. The van der Waals surface area contributed by atoms with Gasteiger partial charge in [-0.3, -0.25) is 0 Å². The fourth-order valence-corrected chi connectivity index (χ4v) is 3.67. The molecule has 146 valence electrons. The molecule has 0 aliphatic rings. The molecule has 4 aromatic rings. The van der Waals surface area contributed by atoms with Crippen LogP contribution in [0.25, 0.3) is 10.8 Å². The molecule has 0 unspecified atom stereocenters. The lowest BCUT2D eigenvalue weighted by atomic mass is 10.0. The molecule has 3 heteroatoms. The molecule has 0 aliphatic heterocycles. The van der Waals surface area contributed by atoms with E-state index in [9.17, 15) is 0 Å². The smallest absolute Gasteiger partial charge is 0.125 e. The van der Waals surface area contributed by atoms with Gasteiger partial charge in [-0.15, -0.1) is 0 Å². The van der Waals surface area contributed by atoms with Gasteiger partial charge in [-0.05, 0) is 53.9 Å². The maximum absolute atomic E-state index is 6.29. The van der Waals surface area contributed by atoms with Crippen molar-refractivity contribution in [2.75, 3.05) is 5.32 Å². The number of rotatable bonds is 6. The van der Waals surface area contributed by atoms with Crippen LogP contribution in [-0.4, -0.2) is 0 Å². The quantitative estimate of drug-likeness (QED) is 0.366. The number of hydrogen-bond acceptors (Lipinski definition) is 2. The number of hydrogen-bond donors (Lipinski definition) is 1. The fourth-order valence-electron chi connectivity index (χ4n) is 3.49. The van der Waals surface area contributed by atoms with E-state index < -0.39 is 0 Å². The molecule has 29 heavy (non-hydrogen) atoms. The molecule has 0 radical (unpaired) electrons. The summed E-state index contributed by atoms with van der Waals surface area (Å²) in [4.78, 5) is 0. The lowest BCUT2D eigenvalue weighted by Crippen LogP contribution is -2.05. The summed E-state index contributed by atoms with van der Waals surface area (Å²) in [5, 5.41) is 6.67. The monoisotopic (exact) mass is 401 g/mol. The van der Waals surface area contributed by atoms with Gasteiger partial charge in [-0.25, -0.2) is 0 Å². The summed E-state index contributed by atoms with van der Waals surface area (Å²) >= 11 is 6.29. The molecule has 4 aromatic carbocycles. The van der Waals surface area contributed by atoms with E-state index in [2.05, 4.69) is 79.0 Å². The van der Waals surface area contributed by atoms with Crippen LogP contribution in [0.3, 0.4) is 0 Å². The van der Waals surface area contributed by atoms with Crippen LogP contribution < -0.4 is 10.1 Å². The van der Waals surface area contributed by atoms with Crippen molar-refractivity contribution in [2.24, 2.45) is 0 Å². The second-order valence-corrected chi connectivity index (χ2v) is 7.77. The predicted molar refractivity (Wildman–Crippen MR) is 123 cm³/mol. The number of benzene rings is 4. The number of fused-ring (bicyclic) bond motifs is 1. The van der Waals surface area contributed by atoms with E-state index in [0.717, 1.165) is 27.6 Å². The Labute approximate surface area is 177 Å². The highest BCUT2D eigenvalue weighted by molar-refractivity contribution is 6.31. The van der Waals surface area contributed by atoms with Crippen molar-refractivity contribution in [3.63, 3.8) is 0 Å². The molecule has 0 atom stereocenters. The van der Waals surface area contributed by atoms with Crippen molar-refractivity contribution in [2.45, 2.75) is 27.0 Å². The van der Waals surface area contributed by atoms with Crippen LogP contribution in [0.1, 0.15) is 22.3 Å². The largest absolute Gasteiger partial charge is 0.489 e. The highest BCUT2D eigenvalue weighted by Crippen LogP contribution is 2.30. The Morgan fingerprint density at radius 2 is 1.72 bits per heavy atom. The van der Waals surface area contributed by atoms with Crippen LogP contribution in [0.4, 0.5) is 5.69 Å². The van der Waals surface area contributed by atoms with Crippen molar-refractivity contribution in [3.8, 4) is 5.75 Å². The van der Waals surface area contributed by atoms with E-state index >= 15 is 0 Å². The minimum absolute atomic E-state index is 0.545. The first kappa shape index (κ1) is 19.4.